The number of benzene rings is 1. The molecule has 0 bridgehead atoms. The zero-order valence-electron chi connectivity index (χ0n) is 16.2. The van der Waals surface area contributed by atoms with E-state index in [9.17, 15) is 9.59 Å². The molecule has 2 aromatic heterocycles. The number of amides is 1. The summed E-state index contributed by atoms with van der Waals surface area (Å²) in [7, 11) is 1.60. The van der Waals surface area contributed by atoms with Crippen LogP contribution in [0.5, 0.6) is 0 Å². The monoisotopic (exact) mass is 387 g/mol. The first-order valence-corrected chi connectivity index (χ1v) is 9.31. The Kier molecular flexibility index (Phi) is 4.50. The van der Waals surface area contributed by atoms with Crippen molar-refractivity contribution in [2.45, 2.75) is 19.0 Å². The number of carbonyl (C=O) groups excluding carboxylic acids is 2. The molecule has 0 aliphatic carbocycles. The Morgan fingerprint density at radius 1 is 1.14 bits per heavy atom. The Morgan fingerprint density at radius 2 is 1.93 bits per heavy atom. The van der Waals surface area contributed by atoms with Crippen LogP contribution < -0.4 is 5.73 Å². The van der Waals surface area contributed by atoms with Gasteiger partial charge in [-0.2, -0.15) is 0 Å². The average Bonchev–Trinajstić information content (AvgIpc) is 3.29. The van der Waals surface area contributed by atoms with E-state index in [1.54, 1.807) is 36.3 Å². The van der Waals surface area contributed by atoms with Gasteiger partial charge in [-0.15, -0.1) is 0 Å². The van der Waals surface area contributed by atoms with E-state index in [4.69, 9.17) is 5.73 Å². The Bertz CT molecular complexity index is 1120. The largest absolute Gasteiger partial charge is 0.369 e. The van der Waals surface area contributed by atoms with Crippen LogP contribution in [0.2, 0.25) is 0 Å². The van der Waals surface area contributed by atoms with Gasteiger partial charge in [0.2, 0.25) is 0 Å². The number of guanidine groups is 1. The molecule has 0 saturated heterocycles. The second-order valence-corrected chi connectivity index (χ2v) is 6.92. The van der Waals surface area contributed by atoms with Crippen LogP contribution in [0.1, 0.15) is 28.5 Å². The molecule has 1 aliphatic heterocycles. The molecule has 29 heavy (non-hydrogen) atoms. The minimum absolute atomic E-state index is 0.138. The van der Waals surface area contributed by atoms with E-state index in [1.165, 1.54) is 4.90 Å². The van der Waals surface area contributed by atoms with Crippen molar-refractivity contribution in [1.29, 1.82) is 0 Å². The van der Waals surface area contributed by atoms with Crippen LogP contribution >= 0.6 is 0 Å². The zero-order valence-corrected chi connectivity index (χ0v) is 16.2. The Labute approximate surface area is 168 Å². The van der Waals surface area contributed by atoms with Crippen molar-refractivity contribution in [3.8, 4) is 11.1 Å². The van der Waals surface area contributed by atoms with E-state index in [2.05, 4.69) is 9.98 Å². The molecule has 3 aromatic rings. The molecule has 1 aromatic carbocycles. The van der Waals surface area contributed by atoms with Crippen molar-refractivity contribution in [3.63, 3.8) is 0 Å². The fraction of sp³-hybridized carbons (Fsp3) is 0.182. The highest BCUT2D eigenvalue weighted by Crippen LogP contribution is 2.41. The second-order valence-electron chi connectivity index (χ2n) is 6.92. The third-order valence-corrected chi connectivity index (χ3v) is 5.32. The van der Waals surface area contributed by atoms with Crippen LogP contribution in [0.15, 0.2) is 66.0 Å². The van der Waals surface area contributed by atoms with Gasteiger partial charge in [0.1, 0.15) is 0 Å². The van der Waals surface area contributed by atoms with Crippen LogP contribution in [0.25, 0.3) is 11.1 Å². The number of carbonyl (C=O) groups is 2. The molecule has 146 valence electrons. The number of aldehydes is 1. The second kappa shape index (κ2) is 7.01. The van der Waals surface area contributed by atoms with Gasteiger partial charge in [-0.1, -0.05) is 24.3 Å². The summed E-state index contributed by atoms with van der Waals surface area (Å²) in [6.07, 6.45) is 6.06. The van der Waals surface area contributed by atoms with E-state index in [-0.39, 0.29) is 11.9 Å². The van der Waals surface area contributed by atoms with Gasteiger partial charge >= 0.3 is 0 Å². The molecule has 1 aliphatic rings. The molecule has 1 atom stereocenters. The fourth-order valence-corrected chi connectivity index (χ4v) is 3.74. The molecule has 4 rings (SSSR count). The minimum atomic E-state index is -1.34. The van der Waals surface area contributed by atoms with Crippen molar-refractivity contribution in [3.05, 3.63) is 77.9 Å². The normalized spacial score (nSPS) is 18.8. The van der Waals surface area contributed by atoms with Crippen molar-refractivity contribution < 1.29 is 9.59 Å². The van der Waals surface area contributed by atoms with E-state index < -0.39 is 5.54 Å². The lowest BCUT2D eigenvalue weighted by Crippen LogP contribution is -2.41. The number of aliphatic imine (C=N–C) groups is 1. The summed E-state index contributed by atoms with van der Waals surface area (Å²) in [5.74, 6) is -0.122. The summed E-state index contributed by atoms with van der Waals surface area (Å²) in [5, 5.41) is 0. The number of hydrogen-bond acceptors (Lipinski definition) is 5. The molecule has 0 radical (unpaired) electrons. The van der Waals surface area contributed by atoms with Gasteiger partial charge in [-0.25, -0.2) is 4.99 Å². The predicted molar refractivity (Wildman–Crippen MR) is 110 cm³/mol. The zero-order chi connectivity index (χ0) is 20.6. The third-order valence-electron chi connectivity index (χ3n) is 5.32. The predicted octanol–water partition coefficient (Wildman–Crippen LogP) is 2.41. The number of nitrogens with two attached hydrogens (primary N) is 1. The van der Waals surface area contributed by atoms with Crippen molar-refractivity contribution in [2.75, 3.05) is 7.05 Å². The Balaban J connectivity index is 1.95. The molecular weight excluding hydrogens is 366 g/mol. The molecule has 1 amide bonds. The summed E-state index contributed by atoms with van der Waals surface area (Å²) in [4.78, 5) is 35.1. The van der Waals surface area contributed by atoms with Crippen LogP contribution in [0.3, 0.4) is 0 Å². The van der Waals surface area contributed by atoms with Gasteiger partial charge in [0, 0.05) is 37.7 Å². The third kappa shape index (κ3) is 2.82. The first-order chi connectivity index (χ1) is 14.0. The number of pyridine rings is 1. The van der Waals surface area contributed by atoms with Crippen LogP contribution in [0.4, 0.5) is 0 Å². The molecule has 7 heteroatoms. The van der Waals surface area contributed by atoms with Gasteiger partial charge in [0.05, 0.1) is 5.69 Å². The Hall–Kier alpha value is -3.74. The first-order valence-electron chi connectivity index (χ1n) is 9.31. The molecule has 7 nitrogen and oxygen atoms in total. The molecule has 0 spiro atoms. The highest BCUT2D eigenvalue weighted by molar-refractivity contribution is 6.09. The van der Waals surface area contributed by atoms with E-state index in [1.807, 2.05) is 43.3 Å². The number of likely N-dealkylation sites (N-methyl/N-ethyl adjacent to an activating group) is 1. The minimum Gasteiger partial charge on any atom is -0.369 e. The van der Waals surface area contributed by atoms with Crippen molar-refractivity contribution in [2.24, 2.45) is 10.7 Å². The topological polar surface area (TPSA) is 93.6 Å². The SMILES string of the molecule is CCn1cc(C2(c3cccc(-c4cccnc4)c3)N=C(N)N(C)C2=O)cc1C=O. The molecule has 0 fully saturated rings. The quantitative estimate of drug-likeness (QED) is 0.681. The fourth-order valence-electron chi connectivity index (χ4n) is 3.74. The maximum Gasteiger partial charge on any atom is 0.266 e. The molecule has 0 saturated carbocycles. The smallest absolute Gasteiger partial charge is 0.266 e. The highest BCUT2D eigenvalue weighted by Gasteiger charge is 2.50. The lowest BCUT2D eigenvalue weighted by molar-refractivity contribution is -0.129. The summed E-state index contributed by atoms with van der Waals surface area (Å²) >= 11 is 0. The number of nitrogens with zero attached hydrogens (tertiary/aromatic N) is 4. The van der Waals surface area contributed by atoms with E-state index in [0.29, 0.717) is 23.4 Å². The van der Waals surface area contributed by atoms with E-state index >= 15 is 0 Å². The first kappa shape index (κ1) is 18.6. The maximum absolute atomic E-state index is 13.4. The lowest BCUT2D eigenvalue weighted by atomic mass is 9.83. The standard InChI is InChI=1S/C22H21N5O2/c1-3-27-13-18(11-19(27)14-28)22(20(29)26(2)21(23)25-22)17-8-4-6-15(10-17)16-7-5-9-24-12-16/h4-14H,3H2,1-2H3,(H2,23,25). The van der Waals surface area contributed by atoms with Crippen LogP contribution in [-0.4, -0.2) is 39.7 Å². The van der Waals surface area contributed by atoms with Gasteiger partial charge in [0.25, 0.3) is 5.91 Å². The summed E-state index contributed by atoms with van der Waals surface area (Å²) in [6, 6.07) is 13.2. The van der Waals surface area contributed by atoms with Crippen molar-refractivity contribution >= 4 is 18.2 Å². The lowest BCUT2D eigenvalue weighted by Gasteiger charge is -2.25. The molecule has 1 unspecified atom stereocenters. The number of rotatable bonds is 5. The van der Waals surface area contributed by atoms with Gasteiger partial charge in [-0.05, 0) is 41.8 Å². The highest BCUT2D eigenvalue weighted by atomic mass is 16.2. The molecular formula is C22H21N5O2. The maximum atomic E-state index is 13.4. The van der Waals surface area contributed by atoms with Crippen LogP contribution in [-0.2, 0) is 16.9 Å². The summed E-state index contributed by atoms with van der Waals surface area (Å²) in [5.41, 5.74) is 8.34. The van der Waals surface area contributed by atoms with Crippen molar-refractivity contribution in [1.82, 2.24) is 14.5 Å². The van der Waals surface area contributed by atoms with Crippen LogP contribution in [0, 0.1) is 0 Å². The van der Waals surface area contributed by atoms with E-state index in [0.717, 1.165) is 17.4 Å². The summed E-state index contributed by atoms with van der Waals surface area (Å²) < 4.78 is 1.80. The number of hydrogen-bond donors (Lipinski definition) is 1. The average molecular weight is 387 g/mol. The van der Waals surface area contributed by atoms with Gasteiger partial charge in [-0.3, -0.25) is 19.5 Å². The molecule has 3 heterocycles. The number of aromatic nitrogens is 2. The number of aryl methyl sites for hydroxylation is 1. The summed E-state index contributed by atoms with van der Waals surface area (Å²) in [6.45, 7) is 2.54. The Morgan fingerprint density at radius 3 is 2.52 bits per heavy atom. The molecule has 2 N–H and O–H groups in total. The van der Waals surface area contributed by atoms with Gasteiger partial charge in [0.15, 0.2) is 17.8 Å². The van der Waals surface area contributed by atoms with Gasteiger partial charge < -0.3 is 10.3 Å².